The van der Waals surface area contributed by atoms with Crippen LogP contribution in [0.25, 0.3) is 0 Å². The number of hydrogen-bond acceptors (Lipinski definition) is 5. The number of methoxy groups -OCH3 is 1. The monoisotopic (exact) mass is 360 g/mol. The third kappa shape index (κ3) is 4.65. The number of piperidine rings is 1. The summed E-state index contributed by atoms with van der Waals surface area (Å²) in [4.78, 5) is 34.5. The molecule has 0 N–H and O–H groups in total. The molecule has 0 aliphatic carbocycles. The number of carbonyl (C=O) groups is 2. The van der Waals surface area contributed by atoms with E-state index in [0.29, 0.717) is 18.9 Å². The largest absolute Gasteiger partial charge is 0.453 e. The molecule has 7 nitrogen and oxygen atoms in total. The number of amides is 2. The van der Waals surface area contributed by atoms with Gasteiger partial charge in [-0.15, -0.1) is 0 Å². The van der Waals surface area contributed by atoms with E-state index in [2.05, 4.69) is 9.88 Å². The fraction of sp³-hybridized carbons (Fsp3) is 0.632. The number of likely N-dealkylation sites (tertiary alicyclic amines) is 1. The molecule has 26 heavy (non-hydrogen) atoms. The van der Waals surface area contributed by atoms with Gasteiger partial charge in [-0.05, 0) is 37.3 Å². The zero-order chi connectivity index (χ0) is 18.4. The van der Waals surface area contributed by atoms with Gasteiger partial charge in [-0.3, -0.25) is 4.79 Å². The van der Waals surface area contributed by atoms with Gasteiger partial charge in [-0.25, -0.2) is 9.78 Å². The van der Waals surface area contributed by atoms with Gasteiger partial charge in [0.2, 0.25) is 5.91 Å². The number of pyridine rings is 1. The lowest BCUT2D eigenvalue weighted by molar-refractivity contribution is -0.131. The van der Waals surface area contributed by atoms with E-state index in [4.69, 9.17) is 4.74 Å². The molecule has 0 radical (unpaired) electrons. The van der Waals surface area contributed by atoms with E-state index in [1.54, 1.807) is 11.1 Å². The predicted octanol–water partition coefficient (Wildman–Crippen LogP) is 1.99. The lowest BCUT2D eigenvalue weighted by Crippen LogP contribution is -2.49. The van der Waals surface area contributed by atoms with E-state index in [0.717, 1.165) is 57.8 Å². The van der Waals surface area contributed by atoms with Crippen LogP contribution >= 0.6 is 0 Å². The summed E-state index contributed by atoms with van der Waals surface area (Å²) in [7, 11) is 1.42. The average molecular weight is 360 g/mol. The fourth-order valence-corrected chi connectivity index (χ4v) is 3.81. The number of anilines is 1. The van der Waals surface area contributed by atoms with Crippen LogP contribution in [0.1, 0.15) is 25.7 Å². The molecule has 1 atom stereocenters. The van der Waals surface area contributed by atoms with Crippen molar-refractivity contribution in [2.45, 2.75) is 25.7 Å². The van der Waals surface area contributed by atoms with Crippen molar-refractivity contribution in [2.24, 2.45) is 5.92 Å². The Bertz CT molecular complexity index is 602. The summed E-state index contributed by atoms with van der Waals surface area (Å²) in [6, 6.07) is 5.91. The van der Waals surface area contributed by atoms with Crippen LogP contribution in [0.15, 0.2) is 24.4 Å². The van der Waals surface area contributed by atoms with Gasteiger partial charge in [0.15, 0.2) is 0 Å². The predicted molar refractivity (Wildman–Crippen MR) is 99.0 cm³/mol. The standard InChI is InChI=1S/C19H28N4O3/c1-26-19(25)23-10-4-5-16(15-23)7-8-18(24)22-13-11-21(12-14-22)17-6-2-3-9-20-17/h2-3,6,9,16H,4-5,7-8,10-15H2,1H3/t16-/m1/s1. The van der Waals surface area contributed by atoms with E-state index in [1.165, 1.54) is 7.11 Å². The third-order valence-corrected chi connectivity index (χ3v) is 5.32. The minimum absolute atomic E-state index is 0.223. The Balaban J connectivity index is 1.41. The molecule has 3 heterocycles. The minimum atomic E-state index is -0.258. The molecule has 1 aromatic heterocycles. The Morgan fingerprint density at radius 3 is 2.65 bits per heavy atom. The van der Waals surface area contributed by atoms with Gasteiger partial charge < -0.3 is 19.4 Å². The lowest BCUT2D eigenvalue weighted by Gasteiger charge is -2.36. The Morgan fingerprint density at radius 2 is 1.96 bits per heavy atom. The summed E-state index contributed by atoms with van der Waals surface area (Å²) in [6.45, 7) is 4.59. The van der Waals surface area contributed by atoms with E-state index in [-0.39, 0.29) is 12.0 Å². The minimum Gasteiger partial charge on any atom is -0.453 e. The van der Waals surface area contributed by atoms with E-state index >= 15 is 0 Å². The molecule has 7 heteroatoms. The molecule has 2 amide bonds. The molecule has 2 saturated heterocycles. The lowest BCUT2D eigenvalue weighted by atomic mass is 9.93. The van der Waals surface area contributed by atoms with Crippen LogP contribution in [0.3, 0.4) is 0 Å². The van der Waals surface area contributed by atoms with Crippen LogP contribution in [-0.2, 0) is 9.53 Å². The second-order valence-corrected chi connectivity index (χ2v) is 7.02. The molecule has 0 spiro atoms. The van der Waals surface area contributed by atoms with Gasteiger partial charge in [0.1, 0.15) is 5.82 Å². The highest BCUT2D eigenvalue weighted by atomic mass is 16.5. The zero-order valence-electron chi connectivity index (χ0n) is 15.5. The topological polar surface area (TPSA) is 66.0 Å². The van der Waals surface area contributed by atoms with Gasteiger partial charge in [0, 0.05) is 51.9 Å². The van der Waals surface area contributed by atoms with Crippen LogP contribution in [0.5, 0.6) is 0 Å². The Morgan fingerprint density at radius 1 is 1.15 bits per heavy atom. The average Bonchev–Trinajstić information content (AvgIpc) is 2.72. The number of nitrogens with zero attached hydrogens (tertiary/aromatic N) is 4. The summed E-state index contributed by atoms with van der Waals surface area (Å²) < 4.78 is 4.81. The molecule has 0 saturated carbocycles. The fourth-order valence-electron chi connectivity index (χ4n) is 3.81. The van der Waals surface area contributed by atoms with E-state index in [1.807, 2.05) is 23.1 Å². The molecule has 0 bridgehead atoms. The first kappa shape index (κ1) is 18.5. The highest BCUT2D eigenvalue weighted by Gasteiger charge is 2.26. The molecule has 2 aliphatic rings. The normalized spacial score (nSPS) is 20.8. The molecule has 142 valence electrons. The summed E-state index contributed by atoms with van der Waals surface area (Å²) in [5.74, 6) is 1.59. The van der Waals surface area contributed by atoms with E-state index in [9.17, 15) is 9.59 Å². The van der Waals surface area contributed by atoms with Gasteiger partial charge in [-0.2, -0.15) is 0 Å². The van der Waals surface area contributed by atoms with Crippen molar-refractivity contribution < 1.29 is 14.3 Å². The highest BCUT2D eigenvalue weighted by Crippen LogP contribution is 2.22. The number of hydrogen-bond donors (Lipinski definition) is 0. The van der Waals surface area contributed by atoms with Crippen molar-refractivity contribution in [2.75, 3.05) is 51.3 Å². The number of carbonyl (C=O) groups excluding carboxylic acids is 2. The van der Waals surface area contributed by atoms with Crippen molar-refractivity contribution in [1.82, 2.24) is 14.8 Å². The first-order valence-electron chi connectivity index (χ1n) is 9.44. The Hall–Kier alpha value is -2.31. The molecular weight excluding hydrogens is 332 g/mol. The molecule has 2 fully saturated rings. The molecule has 0 aromatic carbocycles. The van der Waals surface area contributed by atoms with Gasteiger partial charge in [0.25, 0.3) is 0 Å². The summed E-state index contributed by atoms with van der Waals surface area (Å²) in [6.07, 6.45) is 5.00. The smallest absolute Gasteiger partial charge is 0.409 e. The summed E-state index contributed by atoms with van der Waals surface area (Å²) in [5.41, 5.74) is 0. The highest BCUT2D eigenvalue weighted by molar-refractivity contribution is 5.76. The van der Waals surface area contributed by atoms with Crippen LogP contribution in [0.2, 0.25) is 0 Å². The third-order valence-electron chi connectivity index (χ3n) is 5.32. The van der Waals surface area contributed by atoms with Crippen molar-refractivity contribution in [3.05, 3.63) is 24.4 Å². The molecule has 0 unspecified atom stereocenters. The number of aromatic nitrogens is 1. The molecule has 2 aliphatic heterocycles. The quantitative estimate of drug-likeness (QED) is 0.821. The molecular formula is C19H28N4O3. The molecule has 3 rings (SSSR count). The van der Waals surface area contributed by atoms with Crippen molar-refractivity contribution in [3.63, 3.8) is 0 Å². The zero-order valence-corrected chi connectivity index (χ0v) is 15.5. The van der Waals surface area contributed by atoms with Crippen LogP contribution in [0.4, 0.5) is 10.6 Å². The Labute approximate surface area is 154 Å². The maximum atomic E-state index is 12.5. The van der Waals surface area contributed by atoms with Gasteiger partial charge >= 0.3 is 6.09 Å². The van der Waals surface area contributed by atoms with E-state index < -0.39 is 0 Å². The maximum absolute atomic E-state index is 12.5. The van der Waals surface area contributed by atoms with Crippen molar-refractivity contribution in [3.8, 4) is 0 Å². The Kier molecular flexibility index (Phi) is 6.30. The van der Waals surface area contributed by atoms with Crippen molar-refractivity contribution >= 4 is 17.8 Å². The van der Waals surface area contributed by atoms with Crippen molar-refractivity contribution in [1.29, 1.82) is 0 Å². The summed E-state index contributed by atoms with van der Waals surface area (Å²) >= 11 is 0. The number of piperazine rings is 1. The number of rotatable bonds is 4. The maximum Gasteiger partial charge on any atom is 0.409 e. The first-order chi connectivity index (χ1) is 12.7. The SMILES string of the molecule is COC(=O)N1CCC[C@H](CCC(=O)N2CCN(c3ccccn3)CC2)C1. The van der Waals surface area contributed by atoms with Crippen LogP contribution in [0, 0.1) is 5.92 Å². The second-order valence-electron chi connectivity index (χ2n) is 7.02. The van der Waals surface area contributed by atoms with Crippen LogP contribution in [-0.4, -0.2) is 73.2 Å². The second kappa shape index (κ2) is 8.87. The van der Waals surface area contributed by atoms with Gasteiger partial charge in [-0.1, -0.05) is 6.07 Å². The van der Waals surface area contributed by atoms with Crippen LogP contribution < -0.4 is 4.90 Å². The number of ether oxygens (including phenoxy) is 1. The molecule has 1 aromatic rings. The van der Waals surface area contributed by atoms with Gasteiger partial charge in [0.05, 0.1) is 7.11 Å². The summed E-state index contributed by atoms with van der Waals surface area (Å²) in [5, 5.41) is 0. The first-order valence-corrected chi connectivity index (χ1v) is 9.44.